The third kappa shape index (κ3) is 6.89. The van der Waals surface area contributed by atoms with Crippen molar-refractivity contribution in [1.29, 1.82) is 0 Å². The van der Waals surface area contributed by atoms with Crippen LogP contribution in [0.4, 0.5) is 0 Å². The lowest BCUT2D eigenvalue weighted by atomic mass is 10.0. The standard InChI is InChI=1S/C11H24N2O/c1-4-10(5-2)9-13-11(14)7-6-8-12-3/h10,12H,4-9H2,1-3H3,(H,13,14). The summed E-state index contributed by atoms with van der Waals surface area (Å²) in [5, 5.41) is 6.01. The lowest BCUT2D eigenvalue weighted by Gasteiger charge is -2.13. The summed E-state index contributed by atoms with van der Waals surface area (Å²) in [6.45, 7) is 6.09. The Balaban J connectivity index is 3.42. The highest BCUT2D eigenvalue weighted by molar-refractivity contribution is 5.75. The summed E-state index contributed by atoms with van der Waals surface area (Å²) >= 11 is 0. The minimum absolute atomic E-state index is 0.187. The van der Waals surface area contributed by atoms with Crippen LogP contribution in [-0.4, -0.2) is 26.0 Å². The first-order valence-electron chi connectivity index (χ1n) is 5.65. The molecule has 0 fully saturated rings. The maximum absolute atomic E-state index is 11.3. The van der Waals surface area contributed by atoms with Crippen molar-refractivity contribution < 1.29 is 4.79 Å². The van der Waals surface area contributed by atoms with E-state index < -0.39 is 0 Å². The van der Waals surface area contributed by atoms with Gasteiger partial charge in [-0.25, -0.2) is 0 Å². The molecule has 0 saturated carbocycles. The second-order valence-electron chi connectivity index (χ2n) is 3.69. The number of carbonyl (C=O) groups is 1. The fraction of sp³-hybridized carbons (Fsp3) is 0.909. The maximum atomic E-state index is 11.3. The topological polar surface area (TPSA) is 41.1 Å². The molecule has 0 heterocycles. The fourth-order valence-corrected chi connectivity index (χ4v) is 1.35. The summed E-state index contributed by atoms with van der Waals surface area (Å²) < 4.78 is 0. The van der Waals surface area contributed by atoms with Crippen LogP contribution in [0, 0.1) is 5.92 Å². The molecule has 0 rings (SSSR count). The molecule has 0 aliphatic heterocycles. The Labute approximate surface area is 87.6 Å². The smallest absolute Gasteiger partial charge is 0.220 e. The van der Waals surface area contributed by atoms with Crippen LogP contribution in [0.2, 0.25) is 0 Å². The average Bonchev–Trinajstić information content (AvgIpc) is 2.20. The minimum atomic E-state index is 0.187. The van der Waals surface area contributed by atoms with Crippen LogP contribution < -0.4 is 10.6 Å². The second-order valence-corrected chi connectivity index (χ2v) is 3.69. The third-order valence-electron chi connectivity index (χ3n) is 2.57. The van der Waals surface area contributed by atoms with Gasteiger partial charge in [-0.2, -0.15) is 0 Å². The molecule has 0 aliphatic rings. The number of hydrogen-bond acceptors (Lipinski definition) is 2. The molecular weight excluding hydrogens is 176 g/mol. The molecular formula is C11H24N2O. The van der Waals surface area contributed by atoms with Crippen LogP contribution in [0.25, 0.3) is 0 Å². The Morgan fingerprint density at radius 2 is 1.93 bits per heavy atom. The van der Waals surface area contributed by atoms with Crippen molar-refractivity contribution in [2.45, 2.75) is 39.5 Å². The molecule has 0 unspecified atom stereocenters. The predicted octanol–water partition coefficient (Wildman–Crippen LogP) is 1.54. The molecule has 0 aliphatic carbocycles. The molecule has 0 aromatic carbocycles. The van der Waals surface area contributed by atoms with Gasteiger partial charge in [0.05, 0.1) is 0 Å². The van der Waals surface area contributed by atoms with Crippen LogP contribution in [0.1, 0.15) is 39.5 Å². The number of amides is 1. The molecule has 1 amide bonds. The van der Waals surface area contributed by atoms with Crippen LogP contribution in [0.3, 0.4) is 0 Å². The quantitative estimate of drug-likeness (QED) is 0.584. The zero-order chi connectivity index (χ0) is 10.8. The van der Waals surface area contributed by atoms with Gasteiger partial charge in [-0.05, 0) is 25.9 Å². The van der Waals surface area contributed by atoms with E-state index >= 15 is 0 Å². The second kappa shape index (κ2) is 9.00. The highest BCUT2D eigenvalue weighted by Gasteiger charge is 2.05. The zero-order valence-corrected chi connectivity index (χ0v) is 9.73. The molecule has 0 spiro atoms. The summed E-state index contributed by atoms with van der Waals surface area (Å²) in [7, 11) is 1.90. The van der Waals surface area contributed by atoms with Gasteiger partial charge in [0.25, 0.3) is 0 Å². The van der Waals surface area contributed by atoms with E-state index in [1.165, 1.54) is 0 Å². The van der Waals surface area contributed by atoms with Gasteiger partial charge >= 0.3 is 0 Å². The first-order chi connectivity index (χ1) is 6.74. The number of carbonyl (C=O) groups excluding carboxylic acids is 1. The molecule has 0 radical (unpaired) electrons. The Morgan fingerprint density at radius 1 is 1.29 bits per heavy atom. The molecule has 84 valence electrons. The zero-order valence-electron chi connectivity index (χ0n) is 9.73. The Kier molecular flexibility index (Phi) is 8.64. The molecule has 14 heavy (non-hydrogen) atoms. The molecule has 0 aromatic heterocycles. The van der Waals surface area contributed by atoms with Crippen molar-refractivity contribution in [3.63, 3.8) is 0 Å². The summed E-state index contributed by atoms with van der Waals surface area (Å²) in [6.07, 6.45) is 3.85. The predicted molar refractivity (Wildman–Crippen MR) is 60.2 cm³/mol. The highest BCUT2D eigenvalue weighted by atomic mass is 16.1. The van der Waals surface area contributed by atoms with Crippen LogP contribution in [0.5, 0.6) is 0 Å². The van der Waals surface area contributed by atoms with E-state index in [4.69, 9.17) is 0 Å². The molecule has 0 bridgehead atoms. The normalized spacial score (nSPS) is 10.6. The van der Waals surface area contributed by atoms with Gasteiger partial charge in [-0.1, -0.05) is 26.7 Å². The van der Waals surface area contributed by atoms with Crippen molar-refractivity contribution in [1.82, 2.24) is 10.6 Å². The average molecular weight is 200 g/mol. The van der Waals surface area contributed by atoms with Crippen molar-refractivity contribution in [3.8, 4) is 0 Å². The van der Waals surface area contributed by atoms with Gasteiger partial charge in [-0.3, -0.25) is 4.79 Å². The van der Waals surface area contributed by atoms with Crippen LogP contribution in [0.15, 0.2) is 0 Å². The van der Waals surface area contributed by atoms with E-state index in [0.717, 1.165) is 32.4 Å². The Morgan fingerprint density at radius 3 is 2.43 bits per heavy atom. The van der Waals surface area contributed by atoms with Crippen molar-refractivity contribution in [3.05, 3.63) is 0 Å². The first kappa shape index (κ1) is 13.4. The Hall–Kier alpha value is -0.570. The van der Waals surface area contributed by atoms with E-state index in [1.807, 2.05) is 7.05 Å². The number of rotatable bonds is 8. The SMILES string of the molecule is CCC(CC)CNC(=O)CCCNC. The summed E-state index contributed by atoms with van der Waals surface area (Å²) in [5.74, 6) is 0.829. The van der Waals surface area contributed by atoms with E-state index in [1.54, 1.807) is 0 Å². The van der Waals surface area contributed by atoms with Gasteiger partial charge in [0.15, 0.2) is 0 Å². The van der Waals surface area contributed by atoms with Gasteiger partial charge in [-0.15, -0.1) is 0 Å². The molecule has 0 saturated heterocycles. The summed E-state index contributed by atoms with van der Waals surface area (Å²) in [4.78, 5) is 11.3. The number of nitrogens with one attached hydrogen (secondary N) is 2. The highest BCUT2D eigenvalue weighted by Crippen LogP contribution is 2.05. The van der Waals surface area contributed by atoms with Crippen molar-refractivity contribution in [2.75, 3.05) is 20.1 Å². The van der Waals surface area contributed by atoms with Crippen molar-refractivity contribution >= 4 is 5.91 Å². The molecule has 3 nitrogen and oxygen atoms in total. The lowest BCUT2D eigenvalue weighted by Crippen LogP contribution is -2.29. The molecule has 3 heteroatoms. The van der Waals surface area contributed by atoms with E-state index in [2.05, 4.69) is 24.5 Å². The van der Waals surface area contributed by atoms with E-state index in [-0.39, 0.29) is 5.91 Å². The fourth-order valence-electron chi connectivity index (χ4n) is 1.35. The molecule has 0 aromatic rings. The summed E-state index contributed by atoms with van der Waals surface area (Å²) in [5.41, 5.74) is 0. The lowest BCUT2D eigenvalue weighted by molar-refractivity contribution is -0.121. The van der Waals surface area contributed by atoms with E-state index in [0.29, 0.717) is 12.3 Å². The van der Waals surface area contributed by atoms with Gasteiger partial charge < -0.3 is 10.6 Å². The van der Waals surface area contributed by atoms with Crippen LogP contribution in [-0.2, 0) is 4.79 Å². The molecule has 2 N–H and O–H groups in total. The van der Waals surface area contributed by atoms with E-state index in [9.17, 15) is 4.79 Å². The van der Waals surface area contributed by atoms with Crippen molar-refractivity contribution in [2.24, 2.45) is 5.92 Å². The van der Waals surface area contributed by atoms with Gasteiger partial charge in [0.2, 0.25) is 5.91 Å². The first-order valence-corrected chi connectivity index (χ1v) is 5.65. The minimum Gasteiger partial charge on any atom is -0.356 e. The van der Waals surface area contributed by atoms with Gasteiger partial charge in [0, 0.05) is 13.0 Å². The maximum Gasteiger partial charge on any atom is 0.220 e. The largest absolute Gasteiger partial charge is 0.356 e. The Bertz CT molecular complexity index is 144. The number of hydrogen-bond donors (Lipinski definition) is 2. The third-order valence-corrected chi connectivity index (χ3v) is 2.57. The van der Waals surface area contributed by atoms with Gasteiger partial charge in [0.1, 0.15) is 0 Å². The van der Waals surface area contributed by atoms with Crippen LogP contribution >= 0.6 is 0 Å². The molecule has 0 atom stereocenters. The monoisotopic (exact) mass is 200 g/mol. The summed E-state index contributed by atoms with van der Waals surface area (Å²) in [6, 6.07) is 0.